The maximum Gasteiger partial charge on any atom is 0.411 e. The third kappa shape index (κ3) is 3.75. The molecule has 1 fully saturated rings. The van der Waals surface area contributed by atoms with Crippen LogP contribution in [0.25, 0.3) is 0 Å². The molecule has 120 valence electrons. The Bertz CT molecular complexity index is 565. The van der Waals surface area contributed by atoms with E-state index in [2.05, 4.69) is 0 Å². The highest BCUT2D eigenvalue weighted by Gasteiger charge is 2.41. The van der Waals surface area contributed by atoms with Crippen LogP contribution in [-0.2, 0) is 9.53 Å². The standard InChI is InChI=1S/C16H20FNO4/c1-16(2,3)22-15(21)18-9-11(8-13(18)14(19)20)10-4-6-12(17)7-5-10/h4-7,11,13H,8-9H2,1-3H3,(H,19,20)/t11?,13-/m0/s1. The smallest absolute Gasteiger partial charge is 0.411 e. The maximum absolute atomic E-state index is 13.0. The van der Waals surface area contributed by atoms with E-state index in [9.17, 15) is 19.1 Å². The van der Waals surface area contributed by atoms with Gasteiger partial charge < -0.3 is 9.84 Å². The molecule has 1 saturated heterocycles. The van der Waals surface area contributed by atoms with Crippen LogP contribution in [0.15, 0.2) is 24.3 Å². The summed E-state index contributed by atoms with van der Waals surface area (Å²) in [6.07, 6.45) is -0.343. The molecule has 2 rings (SSSR count). The number of carboxylic acid groups (broad SMARTS) is 1. The van der Waals surface area contributed by atoms with Gasteiger partial charge in [-0.25, -0.2) is 14.0 Å². The van der Waals surface area contributed by atoms with E-state index in [-0.39, 0.29) is 18.3 Å². The maximum atomic E-state index is 13.0. The van der Waals surface area contributed by atoms with Crippen LogP contribution in [0.5, 0.6) is 0 Å². The van der Waals surface area contributed by atoms with Gasteiger partial charge in [-0.2, -0.15) is 0 Å². The predicted octanol–water partition coefficient (Wildman–Crippen LogP) is 3.00. The number of hydrogen-bond donors (Lipinski definition) is 1. The fraction of sp³-hybridized carbons (Fsp3) is 0.500. The number of hydrogen-bond acceptors (Lipinski definition) is 3. The lowest BCUT2D eigenvalue weighted by Crippen LogP contribution is -2.43. The quantitative estimate of drug-likeness (QED) is 0.912. The molecule has 1 aliphatic heterocycles. The third-order valence-electron chi connectivity index (χ3n) is 3.56. The topological polar surface area (TPSA) is 66.8 Å². The summed E-state index contributed by atoms with van der Waals surface area (Å²) in [6.45, 7) is 5.44. The van der Waals surface area contributed by atoms with Gasteiger partial charge in [-0.05, 0) is 44.9 Å². The zero-order valence-electron chi connectivity index (χ0n) is 12.9. The number of benzene rings is 1. The van der Waals surface area contributed by atoms with Crippen molar-refractivity contribution in [2.24, 2.45) is 0 Å². The van der Waals surface area contributed by atoms with Crippen molar-refractivity contribution in [2.75, 3.05) is 6.54 Å². The van der Waals surface area contributed by atoms with E-state index in [1.807, 2.05) is 0 Å². The van der Waals surface area contributed by atoms with Gasteiger partial charge in [0, 0.05) is 12.5 Å². The zero-order valence-corrected chi connectivity index (χ0v) is 12.9. The fourth-order valence-electron chi connectivity index (χ4n) is 2.57. The van der Waals surface area contributed by atoms with Crippen LogP contribution < -0.4 is 0 Å². The molecule has 1 aromatic carbocycles. The number of carbonyl (C=O) groups excluding carboxylic acids is 1. The minimum absolute atomic E-state index is 0.144. The lowest BCUT2D eigenvalue weighted by molar-refractivity contribution is -0.142. The summed E-state index contributed by atoms with van der Waals surface area (Å²) in [5.74, 6) is -1.55. The Balaban J connectivity index is 2.17. The number of halogens is 1. The number of nitrogens with zero attached hydrogens (tertiary/aromatic N) is 1. The van der Waals surface area contributed by atoms with Crippen LogP contribution >= 0.6 is 0 Å². The number of likely N-dealkylation sites (tertiary alicyclic amines) is 1. The molecule has 1 N–H and O–H groups in total. The van der Waals surface area contributed by atoms with Gasteiger partial charge in [0.25, 0.3) is 0 Å². The van der Waals surface area contributed by atoms with Crippen LogP contribution in [0.1, 0.15) is 38.7 Å². The number of carboxylic acids is 1. The van der Waals surface area contributed by atoms with E-state index in [4.69, 9.17) is 4.74 Å². The average molecular weight is 309 g/mol. The van der Waals surface area contributed by atoms with Crippen LogP contribution in [0.4, 0.5) is 9.18 Å². The largest absolute Gasteiger partial charge is 0.480 e. The lowest BCUT2D eigenvalue weighted by atomic mass is 9.96. The molecule has 1 aromatic rings. The van der Waals surface area contributed by atoms with Gasteiger partial charge in [-0.3, -0.25) is 4.90 Å². The first-order valence-corrected chi connectivity index (χ1v) is 7.15. The van der Waals surface area contributed by atoms with Gasteiger partial charge in [0.15, 0.2) is 0 Å². The Kier molecular flexibility index (Phi) is 4.39. The van der Waals surface area contributed by atoms with Gasteiger partial charge in [-0.15, -0.1) is 0 Å². The molecule has 0 saturated carbocycles. The summed E-state index contributed by atoms with van der Waals surface area (Å²) in [5, 5.41) is 9.33. The number of aliphatic carboxylic acids is 1. The molecular weight excluding hydrogens is 289 g/mol. The number of amides is 1. The van der Waals surface area contributed by atoms with Gasteiger partial charge >= 0.3 is 12.1 Å². The molecule has 5 nitrogen and oxygen atoms in total. The molecule has 0 aromatic heterocycles. The van der Waals surface area contributed by atoms with Crippen molar-refractivity contribution in [3.05, 3.63) is 35.6 Å². The summed E-state index contributed by atoms with van der Waals surface area (Å²) in [6, 6.07) is 4.99. The first-order valence-electron chi connectivity index (χ1n) is 7.15. The van der Waals surface area contributed by atoms with E-state index < -0.39 is 23.7 Å². The lowest BCUT2D eigenvalue weighted by Gasteiger charge is -2.26. The van der Waals surface area contributed by atoms with Crippen molar-refractivity contribution < 1.29 is 23.8 Å². The Morgan fingerprint density at radius 1 is 1.27 bits per heavy atom. The Hall–Kier alpha value is -2.11. The molecule has 22 heavy (non-hydrogen) atoms. The molecule has 0 aliphatic carbocycles. The predicted molar refractivity (Wildman–Crippen MR) is 78.1 cm³/mol. The van der Waals surface area contributed by atoms with Crippen molar-refractivity contribution in [3.8, 4) is 0 Å². The average Bonchev–Trinajstić information content (AvgIpc) is 2.83. The number of rotatable bonds is 2. The monoisotopic (exact) mass is 309 g/mol. The summed E-state index contributed by atoms with van der Waals surface area (Å²) in [7, 11) is 0. The van der Waals surface area contributed by atoms with E-state index >= 15 is 0 Å². The molecular formula is C16H20FNO4. The van der Waals surface area contributed by atoms with Gasteiger partial charge in [0.05, 0.1) is 0 Å². The first kappa shape index (κ1) is 16.3. The highest BCUT2D eigenvalue weighted by Crippen LogP contribution is 2.33. The second-order valence-electron chi connectivity index (χ2n) is 6.47. The van der Waals surface area contributed by atoms with E-state index in [1.165, 1.54) is 17.0 Å². The minimum atomic E-state index is -1.06. The molecule has 1 unspecified atom stereocenters. The molecule has 0 spiro atoms. The number of ether oxygens (including phenoxy) is 1. The SMILES string of the molecule is CC(C)(C)OC(=O)N1CC(c2ccc(F)cc2)C[C@H]1C(=O)O. The molecule has 1 amide bonds. The second-order valence-corrected chi connectivity index (χ2v) is 6.47. The fourth-order valence-corrected chi connectivity index (χ4v) is 2.57. The van der Waals surface area contributed by atoms with Gasteiger partial charge in [0.1, 0.15) is 17.5 Å². The van der Waals surface area contributed by atoms with Gasteiger partial charge in [-0.1, -0.05) is 12.1 Å². The Labute approximate surface area is 128 Å². The van der Waals surface area contributed by atoms with Crippen LogP contribution in [0, 0.1) is 5.82 Å². The first-order chi connectivity index (χ1) is 10.2. The molecule has 6 heteroatoms. The van der Waals surface area contributed by atoms with Crippen molar-refractivity contribution in [2.45, 2.75) is 44.8 Å². The van der Waals surface area contributed by atoms with Crippen LogP contribution in [0.2, 0.25) is 0 Å². The van der Waals surface area contributed by atoms with Crippen molar-refractivity contribution in [3.63, 3.8) is 0 Å². The van der Waals surface area contributed by atoms with Crippen LogP contribution in [-0.4, -0.2) is 40.3 Å². The van der Waals surface area contributed by atoms with E-state index in [0.717, 1.165) is 5.56 Å². The molecule has 0 radical (unpaired) electrons. The van der Waals surface area contributed by atoms with E-state index in [0.29, 0.717) is 6.42 Å². The minimum Gasteiger partial charge on any atom is -0.480 e. The summed E-state index contributed by atoms with van der Waals surface area (Å²) >= 11 is 0. The van der Waals surface area contributed by atoms with Crippen molar-refractivity contribution in [1.82, 2.24) is 4.90 Å². The van der Waals surface area contributed by atoms with E-state index in [1.54, 1.807) is 32.9 Å². The van der Waals surface area contributed by atoms with Crippen molar-refractivity contribution >= 4 is 12.1 Å². The molecule has 2 atom stereocenters. The highest BCUT2D eigenvalue weighted by molar-refractivity contribution is 5.81. The zero-order chi connectivity index (χ0) is 16.5. The normalized spacial score (nSPS) is 21.7. The second kappa shape index (κ2) is 5.94. The van der Waals surface area contributed by atoms with Gasteiger partial charge in [0.2, 0.25) is 0 Å². The molecule has 0 bridgehead atoms. The summed E-state index contributed by atoms with van der Waals surface area (Å²) in [5.41, 5.74) is 0.132. The summed E-state index contributed by atoms with van der Waals surface area (Å²) < 4.78 is 18.3. The van der Waals surface area contributed by atoms with Crippen LogP contribution in [0.3, 0.4) is 0 Å². The Morgan fingerprint density at radius 3 is 2.36 bits per heavy atom. The summed E-state index contributed by atoms with van der Waals surface area (Å²) in [4.78, 5) is 24.8. The van der Waals surface area contributed by atoms with Crippen molar-refractivity contribution in [1.29, 1.82) is 0 Å². The Morgan fingerprint density at radius 2 is 1.86 bits per heavy atom. The molecule has 1 heterocycles. The molecule has 1 aliphatic rings. The highest BCUT2D eigenvalue weighted by atomic mass is 19.1. The number of carbonyl (C=O) groups is 2. The third-order valence-corrected chi connectivity index (χ3v) is 3.56.